The van der Waals surface area contributed by atoms with E-state index in [1.54, 1.807) is 19.2 Å². The van der Waals surface area contributed by atoms with Crippen molar-refractivity contribution in [3.63, 3.8) is 0 Å². The molecule has 1 unspecified atom stereocenters. The maximum Gasteiger partial charge on any atom is 0.318 e. The molecule has 7 nitrogen and oxygen atoms in total. The predicted octanol–water partition coefficient (Wildman–Crippen LogP) is 0.924. The van der Waals surface area contributed by atoms with E-state index in [4.69, 9.17) is 10.5 Å². The van der Waals surface area contributed by atoms with Gasteiger partial charge in [0.1, 0.15) is 0 Å². The number of carbonyl (C=O) groups is 3. The van der Waals surface area contributed by atoms with Gasteiger partial charge in [-0.3, -0.25) is 14.9 Å². The van der Waals surface area contributed by atoms with Gasteiger partial charge in [0.2, 0.25) is 5.91 Å². The first-order valence-electron chi connectivity index (χ1n) is 5.79. The molecule has 0 saturated carbocycles. The van der Waals surface area contributed by atoms with Gasteiger partial charge in [0.15, 0.2) is 4.34 Å². The Morgan fingerprint density at radius 1 is 1.55 bits per heavy atom. The quantitative estimate of drug-likeness (QED) is 0.596. The first-order valence-corrected chi connectivity index (χ1v) is 7.55. The number of urea groups is 1. The number of nitrogens with two attached hydrogens (primary N) is 1. The first kappa shape index (κ1) is 16.4. The molecule has 0 fully saturated rings. The van der Waals surface area contributed by atoms with E-state index in [1.165, 1.54) is 23.1 Å². The molecular weight excluding hydrogens is 302 g/mol. The third kappa shape index (κ3) is 5.57. The number of imide groups is 1. The Bertz CT molecular complexity index is 504. The summed E-state index contributed by atoms with van der Waals surface area (Å²) in [5, 5.41) is 3.22. The third-order valence-corrected chi connectivity index (χ3v) is 4.18. The fraction of sp³-hybridized carbons (Fsp3) is 0.455. The number of thiazole rings is 1. The van der Waals surface area contributed by atoms with Crippen molar-refractivity contribution in [2.45, 2.75) is 29.9 Å². The second-order valence-electron chi connectivity index (χ2n) is 3.70. The minimum Gasteiger partial charge on any atom is -0.466 e. The summed E-state index contributed by atoms with van der Waals surface area (Å²) in [6.45, 7) is 3.70. The summed E-state index contributed by atoms with van der Waals surface area (Å²) in [6.07, 6.45) is 0.104. The number of ether oxygens (including phenoxy) is 1. The molecule has 0 aliphatic heterocycles. The van der Waals surface area contributed by atoms with Crippen LogP contribution < -0.4 is 11.1 Å². The van der Waals surface area contributed by atoms with Crippen LogP contribution in [0.3, 0.4) is 0 Å². The molecule has 9 heteroatoms. The van der Waals surface area contributed by atoms with Crippen molar-refractivity contribution in [3.8, 4) is 0 Å². The Morgan fingerprint density at radius 3 is 2.85 bits per heavy atom. The molecule has 1 aromatic rings. The summed E-state index contributed by atoms with van der Waals surface area (Å²) in [5.74, 6) is -0.821. The summed E-state index contributed by atoms with van der Waals surface area (Å²) >= 11 is 2.51. The van der Waals surface area contributed by atoms with Gasteiger partial charge in [0.05, 0.1) is 24.0 Å². The number of hydrogen-bond donors (Lipinski definition) is 2. The number of nitrogens with one attached hydrogen (secondary N) is 1. The standard InChI is InChI=1S/C11H15N3O4S2/c1-3-18-8(15)4-7-5-19-11(13-7)20-6(2)9(16)14-10(12)17/h5-6H,3-4H2,1-2H3,(H3,12,14,16,17). The minimum atomic E-state index is -0.885. The molecule has 0 bridgehead atoms. The lowest BCUT2D eigenvalue weighted by molar-refractivity contribution is -0.142. The summed E-state index contributed by atoms with van der Waals surface area (Å²) < 4.78 is 5.46. The second-order valence-corrected chi connectivity index (χ2v) is 6.15. The Hall–Kier alpha value is -1.61. The highest BCUT2D eigenvalue weighted by Crippen LogP contribution is 2.27. The van der Waals surface area contributed by atoms with Gasteiger partial charge in [-0.25, -0.2) is 9.78 Å². The lowest BCUT2D eigenvalue weighted by Gasteiger charge is -2.07. The monoisotopic (exact) mass is 317 g/mol. The van der Waals surface area contributed by atoms with Gasteiger partial charge in [-0.1, -0.05) is 11.8 Å². The minimum absolute atomic E-state index is 0.104. The van der Waals surface area contributed by atoms with Crippen molar-refractivity contribution in [2.75, 3.05) is 6.61 Å². The molecule has 1 heterocycles. The predicted molar refractivity (Wildman–Crippen MR) is 75.5 cm³/mol. The van der Waals surface area contributed by atoms with E-state index in [0.717, 1.165) is 0 Å². The van der Waals surface area contributed by atoms with E-state index >= 15 is 0 Å². The normalized spacial score (nSPS) is 11.7. The van der Waals surface area contributed by atoms with Crippen LogP contribution in [-0.4, -0.2) is 34.7 Å². The van der Waals surface area contributed by atoms with Gasteiger partial charge in [-0.2, -0.15) is 0 Å². The van der Waals surface area contributed by atoms with Gasteiger partial charge < -0.3 is 10.5 Å². The lowest BCUT2D eigenvalue weighted by atomic mass is 10.3. The molecule has 0 aliphatic rings. The second kappa shape index (κ2) is 7.85. The molecule has 20 heavy (non-hydrogen) atoms. The van der Waals surface area contributed by atoms with E-state index in [2.05, 4.69) is 4.98 Å². The third-order valence-electron chi connectivity index (χ3n) is 2.05. The number of carbonyl (C=O) groups excluding carboxylic acids is 3. The van der Waals surface area contributed by atoms with Crippen molar-refractivity contribution in [2.24, 2.45) is 5.73 Å². The summed E-state index contributed by atoms with van der Waals surface area (Å²) in [4.78, 5) is 37.6. The maximum atomic E-state index is 11.5. The summed E-state index contributed by atoms with van der Waals surface area (Å²) in [7, 11) is 0. The van der Waals surface area contributed by atoms with Crippen molar-refractivity contribution in [3.05, 3.63) is 11.1 Å². The summed E-state index contributed by atoms with van der Waals surface area (Å²) in [6, 6.07) is -0.885. The Labute approximate surface area is 124 Å². The van der Waals surface area contributed by atoms with Crippen LogP contribution in [0.4, 0.5) is 4.79 Å². The van der Waals surface area contributed by atoms with Crippen LogP contribution in [0.1, 0.15) is 19.5 Å². The SMILES string of the molecule is CCOC(=O)Cc1csc(SC(C)C(=O)NC(N)=O)n1. The van der Waals surface area contributed by atoms with Crippen LogP contribution in [0.5, 0.6) is 0 Å². The zero-order valence-corrected chi connectivity index (χ0v) is 12.7. The van der Waals surface area contributed by atoms with Gasteiger partial charge in [-0.05, 0) is 13.8 Å². The molecule has 3 N–H and O–H groups in total. The molecule has 110 valence electrons. The van der Waals surface area contributed by atoms with Crippen molar-refractivity contribution >= 4 is 41.0 Å². The van der Waals surface area contributed by atoms with Gasteiger partial charge >= 0.3 is 12.0 Å². The zero-order chi connectivity index (χ0) is 15.1. The van der Waals surface area contributed by atoms with Crippen molar-refractivity contribution < 1.29 is 19.1 Å². The Kier molecular flexibility index (Phi) is 6.46. The molecular formula is C11H15N3O4S2. The van der Waals surface area contributed by atoms with Crippen LogP contribution in [0.2, 0.25) is 0 Å². The molecule has 0 aromatic carbocycles. The molecule has 0 aliphatic carbocycles. The van der Waals surface area contributed by atoms with E-state index in [-0.39, 0.29) is 12.4 Å². The fourth-order valence-electron chi connectivity index (χ4n) is 1.21. The number of hydrogen-bond acceptors (Lipinski definition) is 7. The highest BCUT2D eigenvalue weighted by molar-refractivity contribution is 8.02. The van der Waals surface area contributed by atoms with E-state index in [0.29, 0.717) is 16.6 Å². The smallest absolute Gasteiger partial charge is 0.318 e. The number of primary amides is 1. The summed E-state index contributed by atoms with van der Waals surface area (Å²) in [5.41, 5.74) is 5.46. The molecule has 3 amide bonds. The molecule has 1 rings (SSSR count). The van der Waals surface area contributed by atoms with Crippen LogP contribution >= 0.6 is 23.1 Å². The van der Waals surface area contributed by atoms with E-state index in [1.807, 2.05) is 5.32 Å². The van der Waals surface area contributed by atoms with Crippen LogP contribution in [0, 0.1) is 0 Å². The van der Waals surface area contributed by atoms with Gasteiger partial charge in [-0.15, -0.1) is 11.3 Å². The number of rotatable bonds is 6. The molecule has 0 radical (unpaired) electrons. The largest absolute Gasteiger partial charge is 0.466 e. The molecule has 0 saturated heterocycles. The Balaban J connectivity index is 2.53. The average molecular weight is 317 g/mol. The Morgan fingerprint density at radius 2 is 2.25 bits per heavy atom. The maximum absolute atomic E-state index is 11.5. The number of esters is 1. The lowest BCUT2D eigenvalue weighted by Crippen LogP contribution is -2.39. The van der Waals surface area contributed by atoms with E-state index in [9.17, 15) is 14.4 Å². The van der Waals surface area contributed by atoms with Crippen molar-refractivity contribution in [1.29, 1.82) is 0 Å². The highest BCUT2D eigenvalue weighted by atomic mass is 32.2. The first-order chi connectivity index (χ1) is 9.42. The van der Waals surface area contributed by atoms with Crippen molar-refractivity contribution in [1.82, 2.24) is 10.3 Å². The van der Waals surface area contributed by atoms with Gasteiger partial charge in [0.25, 0.3) is 0 Å². The van der Waals surface area contributed by atoms with E-state index < -0.39 is 17.2 Å². The van der Waals surface area contributed by atoms with Crippen LogP contribution in [-0.2, 0) is 20.7 Å². The van der Waals surface area contributed by atoms with Crippen LogP contribution in [0.15, 0.2) is 9.72 Å². The highest BCUT2D eigenvalue weighted by Gasteiger charge is 2.18. The number of thioether (sulfide) groups is 1. The average Bonchev–Trinajstić information content (AvgIpc) is 2.75. The number of nitrogens with zero attached hydrogens (tertiary/aromatic N) is 1. The number of aromatic nitrogens is 1. The molecule has 0 spiro atoms. The topological polar surface area (TPSA) is 111 Å². The van der Waals surface area contributed by atoms with Crippen LogP contribution in [0.25, 0.3) is 0 Å². The van der Waals surface area contributed by atoms with Gasteiger partial charge in [0, 0.05) is 5.38 Å². The number of amides is 3. The molecule has 1 atom stereocenters. The fourth-order valence-corrected chi connectivity index (χ4v) is 3.19. The molecule has 1 aromatic heterocycles. The zero-order valence-electron chi connectivity index (χ0n) is 11.0.